The second kappa shape index (κ2) is 4.97. The fraction of sp³-hybridized carbons (Fsp3) is 1.00. The van der Waals surface area contributed by atoms with Crippen molar-refractivity contribution in [3.63, 3.8) is 0 Å². The molecular formula is C11H24N2. The summed E-state index contributed by atoms with van der Waals surface area (Å²) in [7, 11) is 2.01. The van der Waals surface area contributed by atoms with Gasteiger partial charge in [-0.15, -0.1) is 0 Å². The minimum Gasteiger partial charge on any atom is -0.320 e. The summed E-state index contributed by atoms with van der Waals surface area (Å²) in [6, 6.07) is 0. The van der Waals surface area contributed by atoms with Crippen molar-refractivity contribution in [1.29, 1.82) is 0 Å². The third kappa shape index (κ3) is 4.10. The van der Waals surface area contributed by atoms with Gasteiger partial charge in [0.2, 0.25) is 0 Å². The van der Waals surface area contributed by atoms with Gasteiger partial charge in [-0.2, -0.15) is 0 Å². The monoisotopic (exact) mass is 184 g/mol. The number of hydrogen-bond acceptors (Lipinski definition) is 2. The van der Waals surface area contributed by atoms with Crippen LogP contribution in [0, 0.1) is 11.3 Å². The molecule has 0 amide bonds. The van der Waals surface area contributed by atoms with Gasteiger partial charge in [-0.3, -0.25) is 0 Å². The predicted octanol–water partition coefficient (Wildman–Crippen LogP) is 1.62. The third-order valence-corrected chi connectivity index (χ3v) is 3.14. The summed E-state index contributed by atoms with van der Waals surface area (Å²) >= 11 is 0. The zero-order valence-electron chi connectivity index (χ0n) is 9.32. The molecule has 2 N–H and O–H groups in total. The van der Waals surface area contributed by atoms with Crippen molar-refractivity contribution in [3.05, 3.63) is 0 Å². The summed E-state index contributed by atoms with van der Waals surface area (Å²) in [6.07, 6.45) is 4.00. The van der Waals surface area contributed by atoms with Crippen molar-refractivity contribution in [1.82, 2.24) is 10.6 Å². The Kier molecular flexibility index (Phi) is 4.20. The molecule has 0 radical (unpaired) electrons. The molecule has 0 aromatic rings. The van der Waals surface area contributed by atoms with Crippen molar-refractivity contribution >= 4 is 0 Å². The molecule has 0 spiro atoms. The fourth-order valence-corrected chi connectivity index (χ4v) is 1.75. The second-order valence-corrected chi connectivity index (χ2v) is 4.90. The molecule has 13 heavy (non-hydrogen) atoms. The largest absolute Gasteiger partial charge is 0.320 e. The van der Waals surface area contributed by atoms with Crippen LogP contribution in [-0.4, -0.2) is 26.7 Å². The van der Waals surface area contributed by atoms with Gasteiger partial charge in [-0.05, 0) is 57.3 Å². The second-order valence-electron chi connectivity index (χ2n) is 4.90. The molecule has 0 heterocycles. The molecule has 0 aliphatic heterocycles. The topological polar surface area (TPSA) is 24.1 Å². The van der Waals surface area contributed by atoms with Gasteiger partial charge in [0, 0.05) is 0 Å². The Hall–Kier alpha value is -0.0800. The first kappa shape index (κ1) is 11.0. The zero-order chi connectivity index (χ0) is 9.73. The lowest BCUT2D eigenvalue weighted by atomic mass is 10.1. The van der Waals surface area contributed by atoms with Crippen molar-refractivity contribution in [2.45, 2.75) is 33.1 Å². The van der Waals surface area contributed by atoms with Crippen LogP contribution >= 0.6 is 0 Å². The van der Waals surface area contributed by atoms with Crippen LogP contribution in [0.5, 0.6) is 0 Å². The van der Waals surface area contributed by atoms with Crippen molar-refractivity contribution < 1.29 is 0 Å². The number of rotatable bonds is 7. The Bertz CT molecular complexity index is 143. The van der Waals surface area contributed by atoms with Crippen LogP contribution < -0.4 is 10.6 Å². The Balaban J connectivity index is 1.80. The van der Waals surface area contributed by atoms with E-state index in [1.54, 1.807) is 0 Å². The van der Waals surface area contributed by atoms with Gasteiger partial charge in [-0.1, -0.05) is 13.8 Å². The van der Waals surface area contributed by atoms with Crippen LogP contribution in [0.3, 0.4) is 0 Å². The summed E-state index contributed by atoms with van der Waals surface area (Å²) < 4.78 is 0. The molecule has 2 nitrogen and oxygen atoms in total. The van der Waals surface area contributed by atoms with E-state index in [0.717, 1.165) is 12.5 Å². The van der Waals surface area contributed by atoms with E-state index < -0.39 is 0 Å². The van der Waals surface area contributed by atoms with Crippen LogP contribution in [0.4, 0.5) is 0 Å². The van der Waals surface area contributed by atoms with Crippen LogP contribution in [0.25, 0.3) is 0 Å². The van der Waals surface area contributed by atoms with Crippen molar-refractivity contribution in [2.75, 3.05) is 26.7 Å². The summed E-state index contributed by atoms with van der Waals surface area (Å²) in [4.78, 5) is 0. The van der Waals surface area contributed by atoms with E-state index in [1.165, 1.54) is 32.4 Å². The van der Waals surface area contributed by atoms with Gasteiger partial charge >= 0.3 is 0 Å². The summed E-state index contributed by atoms with van der Waals surface area (Å²) in [5.74, 6) is 0.941. The highest BCUT2D eigenvalue weighted by Gasteiger charge is 2.44. The maximum Gasteiger partial charge on any atom is -0.00152 e. The minimum absolute atomic E-state index is 0.637. The number of hydrogen-bond donors (Lipinski definition) is 2. The average molecular weight is 184 g/mol. The van der Waals surface area contributed by atoms with Crippen LogP contribution in [0.15, 0.2) is 0 Å². The molecule has 0 aromatic heterocycles. The first-order chi connectivity index (χ1) is 6.17. The van der Waals surface area contributed by atoms with E-state index in [1.807, 2.05) is 7.05 Å². The molecule has 1 aliphatic carbocycles. The minimum atomic E-state index is 0.637. The lowest BCUT2D eigenvalue weighted by molar-refractivity contribution is 0.510. The Labute approximate surface area is 82.5 Å². The molecule has 0 aromatic carbocycles. The quantitative estimate of drug-likeness (QED) is 0.588. The lowest BCUT2D eigenvalue weighted by Crippen LogP contribution is -2.20. The molecule has 1 aliphatic rings. The van der Waals surface area contributed by atoms with E-state index in [0.29, 0.717) is 5.41 Å². The Morgan fingerprint density at radius 2 is 1.85 bits per heavy atom. The molecular weight excluding hydrogens is 160 g/mol. The SMILES string of the molecule is CNCCCCNCC1CC1(C)C. The summed E-state index contributed by atoms with van der Waals surface area (Å²) in [5.41, 5.74) is 0.637. The van der Waals surface area contributed by atoms with Crippen molar-refractivity contribution in [2.24, 2.45) is 11.3 Å². The molecule has 0 bridgehead atoms. The number of nitrogens with one attached hydrogen (secondary N) is 2. The summed E-state index contributed by atoms with van der Waals surface area (Å²) in [6.45, 7) is 8.29. The van der Waals surface area contributed by atoms with E-state index in [-0.39, 0.29) is 0 Å². The highest BCUT2D eigenvalue weighted by atomic mass is 14.9. The van der Waals surface area contributed by atoms with E-state index in [9.17, 15) is 0 Å². The van der Waals surface area contributed by atoms with E-state index in [2.05, 4.69) is 24.5 Å². The van der Waals surface area contributed by atoms with Crippen LogP contribution in [-0.2, 0) is 0 Å². The van der Waals surface area contributed by atoms with E-state index in [4.69, 9.17) is 0 Å². The molecule has 1 atom stereocenters. The van der Waals surface area contributed by atoms with Gasteiger partial charge in [-0.25, -0.2) is 0 Å². The van der Waals surface area contributed by atoms with Gasteiger partial charge in [0.1, 0.15) is 0 Å². The molecule has 1 saturated carbocycles. The average Bonchev–Trinajstić information content (AvgIpc) is 2.67. The first-order valence-electron chi connectivity index (χ1n) is 5.52. The highest BCUT2D eigenvalue weighted by Crippen LogP contribution is 2.50. The van der Waals surface area contributed by atoms with E-state index >= 15 is 0 Å². The normalized spacial score (nSPS) is 24.7. The van der Waals surface area contributed by atoms with Gasteiger partial charge in [0.05, 0.1) is 0 Å². The first-order valence-corrected chi connectivity index (χ1v) is 5.52. The van der Waals surface area contributed by atoms with Crippen LogP contribution in [0.1, 0.15) is 33.1 Å². The Morgan fingerprint density at radius 3 is 2.38 bits per heavy atom. The van der Waals surface area contributed by atoms with Gasteiger partial charge in [0.25, 0.3) is 0 Å². The molecule has 0 saturated heterocycles. The fourth-order valence-electron chi connectivity index (χ4n) is 1.75. The molecule has 1 unspecified atom stereocenters. The number of unbranched alkanes of at least 4 members (excludes halogenated alkanes) is 1. The Morgan fingerprint density at radius 1 is 1.23 bits per heavy atom. The molecule has 1 rings (SSSR count). The lowest BCUT2D eigenvalue weighted by Gasteiger charge is -2.05. The zero-order valence-corrected chi connectivity index (χ0v) is 9.32. The standard InChI is InChI=1S/C11H24N2/c1-11(2)8-10(11)9-13-7-5-4-6-12-3/h10,12-13H,4-9H2,1-3H3. The maximum absolute atomic E-state index is 3.53. The predicted molar refractivity (Wildman–Crippen MR) is 57.9 cm³/mol. The highest BCUT2D eigenvalue weighted by molar-refractivity contribution is 4.95. The van der Waals surface area contributed by atoms with Crippen LogP contribution in [0.2, 0.25) is 0 Å². The molecule has 1 fully saturated rings. The maximum atomic E-state index is 3.53. The third-order valence-electron chi connectivity index (χ3n) is 3.14. The smallest absolute Gasteiger partial charge is 0.00152 e. The van der Waals surface area contributed by atoms with Gasteiger partial charge < -0.3 is 10.6 Å². The van der Waals surface area contributed by atoms with Gasteiger partial charge in [0.15, 0.2) is 0 Å². The van der Waals surface area contributed by atoms with Crippen molar-refractivity contribution in [3.8, 4) is 0 Å². The molecule has 2 heteroatoms. The molecule has 78 valence electrons. The summed E-state index contributed by atoms with van der Waals surface area (Å²) in [5, 5.41) is 6.70.